The first kappa shape index (κ1) is 15.6. The molecule has 21 heavy (non-hydrogen) atoms. The lowest BCUT2D eigenvalue weighted by Gasteiger charge is -2.20. The van der Waals surface area contributed by atoms with Gasteiger partial charge in [0, 0.05) is 18.7 Å². The Morgan fingerprint density at radius 1 is 1.24 bits per heavy atom. The number of carbonyl (C=O) groups is 1. The van der Waals surface area contributed by atoms with Crippen molar-refractivity contribution in [1.82, 2.24) is 15.2 Å². The van der Waals surface area contributed by atoms with E-state index < -0.39 is 0 Å². The van der Waals surface area contributed by atoms with Gasteiger partial charge in [-0.25, -0.2) is 4.98 Å². The maximum atomic E-state index is 12.4. The molecule has 2 aromatic rings. The Bertz CT molecular complexity index is 597. The number of para-hydroxylation sites is 1. The van der Waals surface area contributed by atoms with Crippen molar-refractivity contribution in [3.8, 4) is 0 Å². The number of rotatable bonds is 5. The molecule has 6 heteroatoms. The van der Waals surface area contributed by atoms with Crippen molar-refractivity contribution in [2.24, 2.45) is 0 Å². The summed E-state index contributed by atoms with van der Waals surface area (Å²) in [6.07, 6.45) is 0. The van der Waals surface area contributed by atoms with Crippen molar-refractivity contribution < 1.29 is 4.79 Å². The topological polar surface area (TPSA) is 61.9 Å². The van der Waals surface area contributed by atoms with Crippen molar-refractivity contribution >= 4 is 23.4 Å². The van der Waals surface area contributed by atoms with Crippen molar-refractivity contribution in [1.29, 1.82) is 0 Å². The highest BCUT2D eigenvalue weighted by Crippen LogP contribution is 2.23. The van der Waals surface area contributed by atoms with Crippen molar-refractivity contribution in [3.63, 3.8) is 0 Å². The van der Waals surface area contributed by atoms with E-state index in [1.807, 2.05) is 51.1 Å². The molecule has 1 unspecified atom stereocenters. The number of nitrogens with one attached hydrogen (secondary N) is 1. The van der Waals surface area contributed by atoms with Crippen LogP contribution in [0.15, 0.2) is 35.5 Å². The predicted octanol–water partition coefficient (Wildman–Crippen LogP) is 3.07. The van der Waals surface area contributed by atoms with E-state index in [9.17, 15) is 4.79 Å². The Labute approximate surface area is 129 Å². The summed E-state index contributed by atoms with van der Waals surface area (Å²) in [7, 11) is 1.78. The van der Waals surface area contributed by atoms with Crippen LogP contribution in [-0.2, 0) is 4.79 Å². The van der Waals surface area contributed by atoms with Crippen LogP contribution in [0.4, 0.5) is 5.69 Å². The molecule has 0 saturated heterocycles. The average molecular weight is 304 g/mol. The molecule has 0 radical (unpaired) electrons. The third kappa shape index (κ3) is 3.85. The first-order valence-corrected chi connectivity index (χ1v) is 7.78. The van der Waals surface area contributed by atoms with Gasteiger partial charge in [0.1, 0.15) is 5.82 Å². The highest BCUT2D eigenvalue weighted by molar-refractivity contribution is 8.00. The Kier molecular flexibility index (Phi) is 5.01. The lowest BCUT2D eigenvalue weighted by atomic mass is 10.2. The maximum Gasteiger partial charge on any atom is 0.240 e. The quantitative estimate of drug-likeness (QED) is 0.862. The number of benzene rings is 1. The third-order valence-electron chi connectivity index (χ3n) is 3.13. The van der Waals surface area contributed by atoms with E-state index in [4.69, 9.17) is 0 Å². The number of aromatic amines is 1. The molecule has 1 amide bonds. The molecular weight excluding hydrogens is 284 g/mol. The highest BCUT2D eigenvalue weighted by Gasteiger charge is 2.21. The smallest absolute Gasteiger partial charge is 0.240 e. The monoisotopic (exact) mass is 304 g/mol. The summed E-state index contributed by atoms with van der Waals surface area (Å²) in [5.41, 5.74) is 0.882. The van der Waals surface area contributed by atoms with Gasteiger partial charge in [-0.1, -0.05) is 43.8 Å². The summed E-state index contributed by atoms with van der Waals surface area (Å²) in [6, 6.07) is 9.60. The van der Waals surface area contributed by atoms with Gasteiger partial charge in [0.05, 0.1) is 5.25 Å². The Morgan fingerprint density at radius 3 is 2.48 bits per heavy atom. The number of aromatic nitrogens is 3. The number of hydrogen-bond donors (Lipinski definition) is 1. The summed E-state index contributed by atoms with van der Waals surface area (Å²) in [5.74, 6) is 1.17. The number of H-pyrrole nitrogens is 1. The van der Waals surface area contributed by atoms with Crippen LogP contribution < -0.4 is 4.90 Å². The van der Waals surface area contributed by atoms with Crippen LogP contribution >= 0.6 is 11.8 Å². The molecule has 0 spiro atoms. The zero-order chi connectivity index (χ0) is 15.4. The fraction of sp³-hybridized carbons (Fsp3) is 0.400. The zero-order valence-electron chi connectivity index (χ0n) is 12.7. The molecule has 0 aliphatic carbocycles. The summed E-state index contributed by atoms with van der Waals surface area (Å²) >= 11 is 1.37. The fourth-order valence-electron chi connectivity index (χ4n) is 1.83. The van der Waals surface area contributed by atoms with E-state index in [1.165, 1.54) is 11.8 Å². The minimum atomic E-state index is -0.244. The normalized spacial score (nSPS) is 12.4. The van der Waals surface area contributed by atoms with Gasteiger partial charge in [0.2, 0.25) is 11.1 Å². The second-order valence-corrected chi connectivity index (χ2v) is 6.46. The molecular formula is C15H20N4OS. The number of carbonyl (C=O) groups excluding carboxylic acids is 1. The van der Waals surface area contributed by atoms with Gasteiger partial charge in [-0.3, -0.25) is 9.89 Å². The van der Waals surface area contributed by atoms with Crippen LogP contribution in [0.5, 0.6) is 0 Å². The first-order valence-electron chi connectivity index (χ1n) is 6.90. The number of amides is 1. The number of hydrogen-bond acceptors (Lipinski definition) is 4. The van der Waals surface area contributed by atoms with Crippen molar-refractivity contribution in [2.75, 3.05) is 11.9 Å². The number of nitrogens with zero attached hydrogens (tertiary/aromatic N) is 3. The zero-order valence-corrected chi connectivity index (χ0v) is 13.5. The van der Waals surface area contributed by atoms with Crippen LogP contribution in [0.3, 0.4) is 0 Å². The predicted molar refractivity (Wildman–Crippen MR) is 85.6 cm³/mol. The van der Waals surface area contributed by atoms with Crippen molar-refractivity contribution in [2.45, 2.75) is 37.1 Å². The summed E-state index contributed by atoms with van der Waals surface area (Å²) < 4.78 is 0. The van der Waals surface area contributed by atoms with E-state index >= 15 is 0 Å². The lowest BCUT2D eigenvalue weighted by Crippen LogP contribution is -2.33. The van der Waals surface area contributed by atoms with Gasteiger partial charge < -0.3 is 4.90 Å². The van der Waals surface area contributed by atoms with Gasteiger partial charge in [-0.05, 0) is 19.1 Å². The van der Waals surface area contributed by atoms with E-state index in [0.29, 0.717) is 11.1 Å². The summed E-state index contributed by atoms with van der Waals surface area (Å²) in [4.78, 5) is 18.5. The van der Waals surface area contributed by atoms with Gasteiger partial charge >= 0.3 is 0 Å². The molecule has 1 atom stereocenters. The van der Waals surface area contributed by atoms with Crippen LogP contribution in [-0.4, -0.2) is 33.4 Å². The highest BCUT2D eigenvalue weighted by atomic mass is 32.2. The molecule has 1 aromatic carbocycles. The third-order valence-corrected chi connectivity index (χ3v) is 4.08. The molecule has 2 rings (SSSR count). The molecule has 0 bridgehead atoms. The molecule has 0 saturated carbocycles. The fourth-order valence-corrected chi connectivity index (χ4v) is 2.65. The number of thioether (sulfide) groups is 1. The first-order chi connectivity index (χ1) is 9.99. The molecule has 1 heterocycles. The SMILES string of the molecule is CC(Sc1n[nH]c(C(C)C)n1)C(=O)N(C)c1ccccc1. The molecule has 0 aliphatic rings. The van der Waals surface area contributed by atoms with Crippen LogP contribution in [0.1, 0.15) is 32.5 Å². The summed E-state index contributed by atoms with van der Waals surface area (Å²) in [6.45, 7) is 5.97. The second-order valence-electron chi connectivity index (χ2n) is 5.15. The second kappa shape index (κ2) is 6.76. The van der Waals surface area contributed by atoms with Gasteiger partial charge in [0.25, 0.3) is 0 Å². The standard InChI is InChI=1S/C15H20N4OS/c1-10(2)13-16-15(18-17-13)21-11(3)14(20)19(4)12-8-6-5-7-9-12/h5-11H,1-4H3,(H,16,17,18). The Hall–Kier alpha value is -1.82. The molecule has 1 N–H and O–H groups in total. The van der Waals surface area contributed by atoms with Gasteiger partial charge in [-0.2, -0.15) is 0 Å². The average Bonchev–Trinajstić information content (AvgIpc) is 2.95. The minimum absolute atomic E-state index is 0.0297. The molecule has 1 aromatic heterocycles. The number of anilines is 1. The van der Waals surface area contributed by atoms with E-state index in [0.717, 1.165) is 11.5 Å². The Balaban J connectivity index is 2.02. The van der Waals surface area contributed by atoms with Gasteiger partial charge in [0.15, 0.2) is 0 Å². The minimum Gasteiger partial charge on any atom is -0.315 e. The van der Waals surface area contributed by atoms with Gasteiger partial charge in [-0.15, -0.1) is 5.10 Å². The van der Waals surface area contributed by atoms with Crippen LogP contribution in [0.25, 0.3) is 0 Å². The molecule has 5 nitrogen and oxygen atoms in total. The molecule has 0 aliphatic heterocycles. The molecule has 112 valence electrons. The maximum absolute atomic E-state index is 12.4. The van der Waals surface area contributed by atoms with Crippen molar-refractivity contribution in [3.05, 3.63) is 36.2 Å². The largest absolute Gasteiger partial charge is 0.315 e. The molecule has 0 fully saturated rings. The van der Waals surface area contributed by atoms with E-state index in [-0.39, 0.29) is 11.2 Å². The summed E-state index contributed by atoms with van der Waals surface area (Å²) in [5, 5.41) is 7.42. The lowest BCUT2D eigenvalue weighted by molar-refractivity contribution is -0.117. The van der Waals surface area contributed by atoms with Crippen LogP contribution in [0.2, 0.25) is 0 Å². The van der Waals surface area contributed by atoms with Crippen LogP contribution in [0, 0.1) is 0 Å². The van der Waals surface area contributed by atoms with E-state index in [1.54, 1.807) is 11.9 Å². The Morgan fingerprint density at radius 2 is 1.90 bits per heavy atom. The van der Waals surface area contributed by atoms with E-state index in [2.05, 4.69) is 15.2 Å².